The van der Waals surface area contributed by atoms with Crippen LogP contribution in [0.4, 0.5) is 23.2 Å². The molecule has 0 fully saturated rings. The minimum absolute atomic E-state index is 0.104. The van der Waals surface area contributed by atoms with Gasteiger partial charge in [0.1, 0.15) is 5.75 Å². The van der Waals surface area contributed by atoms with Crippen molar-refractivity contribution >= 4 is 23.2 Å². The zero-order valence-corrected chi connectivity index (χ0v) is 8.85. The number of alkyl halides is 5. The summed E-state index contributed by atoms with van der Waals surface area (Å²) >= 11 is 4.84. The predicted molar refractivity (Wildman–Crippen MR) is 52.5 cm³/mol. The summed E-state index contributed by atoms with van der Waals surface area (Å²) in [5, 5.41) is 2.05. The first-order valence-corrected chi connectivity index (χ1v) is 4.66. The third kappa shape index (κ3) is 4.90. The molecule has 0 aliphatic carbocycles. The van der Waals surface area contributed by atoms with Gasteiger partial charge < -0.3 is 10.1 Å². The minimum atomic E-state index is -4.79. The van der Waals surface area contributed by atoms with Crippen molar-refractivity contribution in [2.45, 2.75) is 12.0 Å². The van der Waals surface area contributed by atoms with Gasteiger partial charge in [-0.2, -0.15) is 0 Å². The Labute approximate surface area is 98.3 Å². The molecule has 0 saturated carbocycles. The fourth-order valence-electron chi connectivity index (χ4n) is 0.937. The Hall–Kier alpha value is -1.50. The fraction of sp³-hybridized carbons (Fsp3) is 0.222. The van der Waals surface area contributed by atoms with Gasteiger partial charge in [0, 0.05) is 5.69 Å². The van der Waals surface area contributed by atoms with Crippen molar-refractivity contribution in [1.29, 1.82) is 0 Å². The maximum atomic E-state index is 12.3. The number of ether oxygens (including phenoxy) is 1. The monoisotopic (exact) mass is 271 g/mol. The van der Waals surface area contributed by atoms with Crippen LogP contribution in [0.2, 0.25) is 0 Å². The zero-order chi connectivity index (χ0) is 13.1. The van der Waals surface area contributed by atoms with E-state index in [0.717, 1.165) is 24.3 Å². The van der Waals surface area contributed by atoms with Crippen molar-refractivity contribution in [1.82, 2.24) is 0 Å². The highest BCUT2D eigenvalue weighted by Crippen LogP contribution is 2.24. The first-order chi connectivity index (χ1) is 7.78. The Kier molecular flexibility index (Phi) is 4.17. The van der Waals surface area contributed by atoms with Gasteiger partial charge in [-0.3, -0.25) is 4.79 Å². The second kappa shape index (κ2) is 5.22. The van der Waals surface area contributed by atoms with E-state index in [-0.39, 0.29) is 5.69 Å². The summed E-state index contributed by atoms with van der Waals surface area (Å²) in [4.78, 5) is 10.8. The quantitative estimate of drug-likeness (QED) is 0.678. The van der Waals surface area contributed by atoms with Crippen LogP contribution in [-0.4, -0.2) is 17.9 Å². The van der Waals surface area contributed by atoms with Gasteiger partial charge in [-0.05, 0) is 24.3 Å². The van der Waals surface area contributed by atoms with Crippen LogP contribution in [0, 0.1) is 0 Å². The van der Waals surface area contributed by atoms with Crippen LogP contribution in [0.3, 0.4) is 0 Å². The number of amides is 1. The van der Waals surface area contributed by atoms with E-state index in [4.69, 9.17) is 11.6 Å². The molecule has 0 unspecified atom stereocenters. The number of hydrogen-bond donors (Lipinski definition) is 1. The van der Waals surface area contributed by atoms with Crippen molar-refractivity contribution in [2.24, 2.45) is 0 Å². The van der Waals surface area contributed by atoms with E-state index in [1.165, 1.54) is 0 Å². The summed E-state index contributed by atoms with van der Waals surface area (Å²) in [6.07, 6.45) is -4.79. The van der Waals surface area contributed by atoms with Gasteiger partial charge in [0.05, 0.1) is 0 Å². The van der Waals surface area contributed by atoms with Crippen LogP contribution in [0.25, 0.3) is 0 Å². The first-order valence-electron chi connectivity index (χ1n) is 4.23. The number of halogens is 5. The number of carbonyl (C=O) groups excluding carboxylic acids is 1. The van der Waals surface area contributed by atoms with Gasteiger partial charge in [-0.25, -0.2) is 4.39 Å². The highest BCUT2D eigenvalue weighted by Gasteiger charge is 2.30. The van der Waals surface area contributed by atoms with Crippen molar-refractivity contribution in [3.63, 3.8) is 0 Å². The maximum absolute atomic E-state index is 12.3. The van der Waals surface area contributed by atoms with Crippen molar-refractivity contribution in [3.05, 3.63) is 24.3 Å². The number of benzene rings is 1. The molecular formula is C9H6ClF4NO2. The van der Waals surface area contributed by atoms with Gasteiger partial charge in [0.2, 0.25) is 0 Å². The lowest BCUT2D eigenvalue weighted by molar-refractivity contribution is -0.274. The molecule has 3 nitrogen and oxygen atoms in total. The van der Waals surface area contributed by atoms with Gasteiger partial charge in [-0.1, -0.05) is 11.6 Å². The number of rotatable bonds is 3. The third-order valence-electron chi connectivity index (χ3n) is 1.55. The lowest BCUT2D eigenvalue weighted by Crippen LogP contribution is -2.19. The average molecular weight is 272 g/mol. The predicted octanol–water partition coefficient (Wildman–Crippen LogP) is 3.06. The molecule has 0 bridgehead atoms. The smallest absolute Gasteiger partial charge is 0.406 e. The molecule has 1 rings (SSSR count). The molecule has 1 aromatic carbocycles. The summed E-state index contributed by atoms with van der Waals surface area (Å²) in [5.41, 5.74) is -2.12. The Balaban J connectivity index is 2.65. The molecule has 0 aromatic heterocycles. The lowest BCUT2D eigenvalue weighted by atomic mass is 10.3. The SMILES string of the molecule is O=C(Nc1ccc(OC(F)(F)F)cc1)[C@H](F)Cl. The second-order valence-electron chi connectivity index (χ2n) is 2.86. The summed E-state index contributed by atoms with van der Waals surface area (Å²) in [5.74, 6) is -1.55. The van der Waals surface area contributed by atoms with E-state index < -0.39 is 23.6 Å². The Bertz CT molecular complexity index is 391. The van der Waals surface area contributed by atoms with Crippen LogP contribution >= 0.6 is 11.6 Å². The van der Waals surface area contributed by atoms with E-state index in [2.05, 4.69) is 4.74 Å². The topological polar surface area (TPSA) is 38.3 Å². The van der Waals surface area contributed by atoms with Crippen LogP contribution in [0.1, 0.15) is 0 Å². The average Bonchev–Trinajstić information content (AvgIpc) is 2.18. The fourth-order valence-corrected chi connectivity index (χ4v) is 0.991. The molecule has 1 amide bonds. The molecule has 0 saturated heterocycles. The van der Waals surface area contributed by atoms with Gasteiger partial charge in [-0.15, -0.1) is 13.2 Å². The standard InChI is InChI=1S/C9H6ClF4NO2/c10-7(11)8(16)15-5-1-3-6(4-2-5)17-9(12,13)14/h1-4,7H,(H,15,16)/t7-/m0/s1. The largest absolute Gasteiger partial charge is 0.573 e. The van der Waals surface area contributed by atoms with Gasteiger partial charge >= 0.3 is 6.36 Å². The number of hydrogen-bond acceptors (Lipinski definition) is 2. The van der Waals surface area contributed by atoms with Crippen molar-refractivity contribution < 1.29 is 27.1 Å². The molecule has 0 heterocycles. The van der Waals surface area contributed by atoms with Crippen LogP contribution in [-0.2, 0) is 4.79 Å². The highest BCUT2D eigenvalue weighted by atomic mass is 35.5. The molecule has 0 radical (unpaired) electrons. The number of anilines is 1. The summed E-state index contributed by atoms with van der Waals surface area (Å²) < 4.78 is 51.3. The molecule has 8 heteroatoms. The lowest BCUT2D eigenvalue weighted by Gasteiger charge is -2.09. The Morgan fingerprint density at radius 3 is 2.24 bits per heavy atom. The van der Waals surface area contributed by atoms with Crippen molar-refractivity contribution in [2.75, 3.05) is 5.32 Å². The van der Waals surface area contributed by atoms with Gasteiger partial charge in [0.25, 0.3) is 11.5 Å². The third-order valence-corrected chi connectivity index (χ3v) is 1.75. The van der Waals surface area contributed by atoms with Crippen LogP contribution < -0.4 is 10.1 Å². The molecule has 0 aliphatic heterocycles. The van der Waals surface area contributed by atoms with E-state index in [1.807, 2.05) is 5.32 Å². The molecule has 1 aromatic rings. The molecule has 1 N–H and O–H groups in total. The molecule has 0 spiro atoms. The summed E-state index contributed by atoms with van der Waals surface area (Å²) in [6, 6.07) is 4.20. The molecule has 94 valence electrons. The summed E-state index contributed by atoms with van der Waals surface area (Å²) in [6.45, 7) is 0. The zero-order valence-electron chi connectivity index (χ0n) is 8.09. The molecular weight excluding hydrogens is 266 g/mol. The van der Waals surface area contributed by atoms with Crippen LogP contribution in [0.5, 0.6) is 5.75 Å². The molecule has 0 aliphatic rings. The second-order valence-corrected chi connectivity index (χ2v) is 3.25. The number of carbonyl (C=O) groups is 1. The summed E-state index contributed by atoms with van der Waals surface area (Å²) in [7, 11) is 0. The van der Waals surface area contributed by atoms with Crippen LogP contribution in [0.15, 0.2) is 24.3 Å². The van der Waals surface area contributed by atoms with E-state index in [9.17, 15) is 22.4 Å². The van der Waals surface area contributed by atoms with Gasteiger partial charge in [0.15, 0.2) is 0 Å². The van der Waals surface area contributed by atoms with E-state index >= 15 is 0 Å². The van der Waals surface area contributed by atoms with E-state index in [1.54, 1.807) is 0 Å². The molecule has 1 atom stereocenters. The molecule has 17 heavy (non-hydrogen) atoms. The van der Waals surface area contributed by atoms with E-state index in [0.29, 0.717) is 0 Å². The number of nitrogens with one attached hydrogen (secondary N) is 1. The first kappa shape index (κ1) is 13.6. The minimum Gasteiger partial charge on any atom is -0.406 e. The Morgan fingerprint density at radius 1 is 1.29 bits per heavy atom. The van der Waals surface area contributed by atoms with Crippen molar-refractivity contribution in [3.8, 4) is 5.75 Å². The maximum Gasteiger partial charge on any atom is 0.573 e. The normalized spacial score (nSPS) is 13.0. The highest BCUT2D eigenvalue weighted by molar-refractivity contribution is 6.31. The Morgan fingerprint density at radius 2 is 1.82 bits per heavy atom.